The van der Waals surface area contributed by atoms with E-state index in [1.807, 2.05) is 17.5 Å². The van der Waals surface area contributed by atoms with E-state index in [1.165, 1.54) is 29.1 Å². The van der Waals surface area contributed by atoms with Gasteiger partial charge < -0.3 is 10.6 Å². The van der Waals surface area contributed by atoms with Gasteiger partial charge in [0.25, 0.3) is 5.91 Å². The Morgan fingerprint density at radius 2 is 1.84 bits per heavy atom. The lowest BCUT2D eigenvalue weighted by Gasteiger charge is -2.11. The normalized spacial score (nSPS) is 11.2. The van der Waals surface area contributed by atoms with Crippen LogP contribution in [0.1, 0.15) is 28.1 Å². The first-order chi connectivity index (χ1) is 14.7. The van der Waals surface area contributed by atoms with Crippen molar-refractivity contribution < 1.29 is 18.0 Å². The van der Waals surface area contributed by atoms with Crippen molar-refractivity contribution in [1.82, 2.24) is 0 Å². The van der Waals surface area contributed by atoms with Crippen molar-refractivity contribution in [2.75, 3.05) is 16.9 Å². The summed E-state index contributed by atoms with van der Waals surface area (Å²) >= 11 is 7.93. The molecule has 0 aliphatic heterocycles. The number of rotatable bonds is 8. The Labute approximate surface area is 190 Å². The van der Waals surface area contributed by atoms with Gasteiger partial charge in [0.05, 0.1) is 15.6 Å². The van der Waals surface area contributed by atoms with Gasteiger partial charge in [0.1, 0.15) is 0 Å². The molecule has 0 unspecified atom stereocenters. The topological polar surface area (TPSA) is 92.3 Å². The van der Waals surface area contributed by atoms with E-state index in [0.717, 1.165) is 19.1 Å². The average molecular weight is 477 g/mol. The zero-order valence-corrected chi connectivity index (χ0v) is 19.1. The van der Waals surface area contributed by atoms with Crippen molar-refractivity contribution in [2.24, 2.45) is 0 Å². The Balaban J connectivity index is 1.59. The van der Waals surface area contributed by atoms with E-state index in [9.17, 15) is 18.0 Å². The van der Waals surface area contributed by atoms with Crippen LogP contribution in [0.4, 0.5) is 11.4 Å². The molecule has 2 N–H and O–H groups in total. The van der Waals surface area contributed by atoms with Crippen LogP contribution < -0.4 is 10.6 Å². The summed E-state index contributed by atoms with van der Waals surface area (Å²) in [4.78, 5) is 25.9. The van der Waals surface area contributed by atoms with Crippen LogP contribution in [0, 0.1) is 0 Å². The molecular formula is C22H21ClN2O4S2. The Morgan fingerprint density at radius 3 is 2.52 bits per heavy atom. The minimum absolute atomic E-state index is 0.0587. The summed E-state index contributed by atoms with van der Waals surface area (Å²) in [6.07, 6.45) is 3.08. The van der Waals surface area contributed by atoms with Gasteiger partial charge in [-0.05, 0) is 60.7 Å². The quantitative estimate of drug-likeness (QED) is 0.477. The van der Waals surface area contributed by atoms with E-state index in [4.69, 9.17) is 11.6 Å². The van der Waals surface area contributed by atoms with Crippen LogP contribution in [-0.2, 0) is 21.1 Å². The molecule has 0 saturated heterocycles. The summed E-state index contributed by atoms with van der Waals surface area (Å²) in [6.45, 7) is 0. The Hall–Kier alpha value is -2.68. The van der Waals surface area contributed by atoms with E-state index in [0.29, 0.717) is 17.8 Å². The number of aryl methyl sites for hydroxylation is 1. The smallest absolute Gasteiger partial charge is 0.255 e. The summed E-state index contributed by atoms with van der Waals surface area (Å²) in [5.41, 5.74) is 1.08. The predicted molar refractivity (Wildman–Crippen MR) is 125 cm³/mol. The molecule has 0 saturated carbocycles. The van der Waals surface area contributed by atoms with E-state index >= 15 is 0 Å². The molecule has 0 spiro atoms. The molecule has 0 fully saturated rings. The number of benzene rings is 2. The number of anilines is 2. The highest BCUT2D eigenvalue weighted by Gasteiger charge is 2.13. The second-order valence-corrected chi connectivity index (χ2v) is 10.4. The molecule has 0 aliphatic rings. The second kappa shape index (κ2) is 10.1. The highest BCUT2D eigenvalue weighted by Crippen LogP contribution is 2.26. The minimum atomic E-state index is -3.42. The standard InChI is InChI=1S/C22H21ClN2O4S2/c1-31(28,29)18-8-2-5-15(13-18)22(27)25-20-11-10-16(14-19(20)23)24-21(26)9-3-6-17-7-4-12-30-17/h2,4-5,7-8,10-14H,3,6,9H2,1H3,(H,24,26)(H,25,27). The molecule has 0 atom stereocenters. The summed E-state index contributed by atoms with van der Waals surface area (Å²) in [7, 11) is -3.42. The number of nitrogens with one attached hydrogen (secondary N) is 2. The van der Waals surface area contributed by atoms with Gasteiger partial charge in [0, 0.05) is 28.8 Å². The second-order valence-electron chi connectivity index (χ2n) is 6.93. The molecule has 3 aromatic rings. The molecule has 9 heteroatoms. The number of carbonyl (C=O) groups excluding carboxylic acids is 2. The maximum absolute atomic E-state index is 12.5. The Kier molecular flexibility index (Phi) is 7.48. The summed E-state index contributed by atoms with van der Waals surface area (Å²) in [5, 5.41) is 7.73. The number of hydrogen-bond acceptors (Lipinski definition) is 5. The zero-order valence-electron chi connectivity index (χ0n) is 16.7. The molecule has 1 heterocycles. The van der Waals surface area contributed by atoms with Crippen molar-refractivity contribution in [3.63, 3.8) is 0 Å². The highest BCUT2D eigenvalue weighted by molar-refractivity contribution is 7.90. The first kappa shape index (κ1) is 23.0. The van der Waals surface area contributed by atoms with E-state index in [1.54, 1.807) is 29.5 Å². The third-order valence-corrected chi connectivity index (χ3v) is 6.79. The maximum atomic E-state index is 12.5. The van der Waals surface area contributed by atoms with Crippen LogP contribution in [-0.4, -0.2) is 26.5 Å². The van der Waals surface area contributed by atoms with Gasteiger partial charge in [-0.3, -0.25) is 9.59 Å². The highest BCUT2D eigenvalue weighted by atomic mass is 35.5. The molecule has 2 aromatic carbocycles. The molecule has 1 aromatic heterocycles. The zero-order chi connectivity index (χ0) is 22.4. The molecule has 3 rings (SSSR count). The van der Waals surface area contributed by atoms with E-state index in [-0.39, 0.29) is 21.4 Å². The van der Waals surface area contributed by atoms with Crippen LogP contribution in [0.25, 0.3) is 0 Å². The minimum Gasteiger partial charge on any atom is -0.326 e. The van der Waals surface area contributed by atoms with Crippen molar-refractivity contribution >= 4 is 56.0 Å². The summed E-state index contributed by atoms with van der Waals surface area (Å²) in [5.74, 6) is -0.597. The maximum Gasteiger partial charge on any atom is 0.255 e. The first-order valence-corrected chi connectivity index (χ1v) is 12.6. The van der Waals surface area contributed by atoms with Gasteiger partial charge in [-0.2, -0.15) is 0 Å². The fourth-order valence-electron chi connectivity index (χ4n) is 2.86. The van der Waals surface area contributed by atoms with Crippen molar-refractivity contribution in [2.45, 2.75) is 24.2 Å². The van der Waals surface area contributed by atoms with E-state index in [2.05, 4.69) is 10.6 Å². The fourth-order valence-corrected chi connectivity index (χ4v) is 4.50. The molecule has 2 amide bonds. The number of amides is 2. The lowest BCUT2D eigenvalue weighted by Crippen LogP contribution is -2.14. The number of halogens is 1. The number of thiophene rings is 1. The third kappa shape index (κ3) is 6.65. The lowest BCUT2D eigenvalue weighted by molar-refractivity contribution is -0.116. The Bertz CT molecular complexity index is 1190. The van der Waals surface area contributed by atoms with Crippen molar-refractivity contribution in [1.29, 1.82) is 0 Å². The lowest BCUT2D eigenvalue weighted by atomic mass is 10.2. The fraction of sp³-hybridized carbons (Fsp3) is 0.182. The Morgan fingerprint density at radius 1 is 1.03 bits per heavy atom. The molecule has 6 nitrogen and oxygen atoms in total. The largest absolute Gasteiger partial charge is 0.326 e. The molecule has 31 heavy (non-hydrogen) atoms. The third-order valence-electron chi connectivity index (χ3n) is 4.43. The van der Waals surface area contributed by atoms with Gasteiger partial charge in [-0.15, -0.1) is 11.3 Å². The van der Waals surface area contributed by atoms with Gasteiger partial charge in [-0.1, -0.05) is 23.7 Å². The molecular weight excluding hydrogens is 456 g/mol. The van der Waals surface area contributed by atoms with Crippen molar-refractivity contribution in [3.05, 3.63) is 75.4 Å². The number of carbonyl (C=O) groups is 2. The monoisotopic (exact) mass is 476 g/mol. The van der Waals surface area contributed by atoms with Crippen LogP contribution in [0.3, 0.4) is 0 Å². The number of sulfone groups is 1. The molecule has 162 valence electrons. The predicted octanol–water partition coefficient (Wildman–Crippen LogP) is 5.02. The van der Waals surface area contributed by atoms with Crippen LogP contribution >= 0.6 is 22.9 Å². The molecule has 0 radical (unpaired) electrons. The van der Waals surface area contributed by atoms with Crippen LogP contribution in [0.5, 0.6) is 0 Å². The molecule has 0 aliphatic carbocycles. The van der Waals surface area contributed by atoms with E-state index < -0.39 is 15.7 Å². The molecule has 0 bridgehead atoms. The van der Waals surface area contributed by atoms with Gasteiger partial charge in [0.15, 0.2) is 9.84 Å². The van der Waals surface area contributed by atoms with Crippen LogP contribution in [0.15, 0.2) is 64.9 Å². The van der Waals surface area contributed by atoms with Crippen LogP contribution in [0.2, 0.25) is 5.02 Å². The SMILES string of the molecule is CS(=O)(=O)c1cccc(C(=O)Nc2ccc(NC(=O)CCCc3cccs3)cc2Cl)c1. The first-order valence-electron chi connectivity index (χ1n) is 9.45. The summed E-state index contributed by atoms with van der Waals surface area (Å²) < 4.78 is 23.4. The van der Waals surface area contributed by atoms with Crippen molar-refractivity contribution in [3.8, 4) is 0 Å². The summed E-state index contributed by atoms with van der Waals surface area (Å²) in [6, 6.07) is 14.6. The van der Waals surface area contributed by atoms with Gasteiger partial charge in [-0.25, -0.2) is 8.42 Å². The van der Waals surface area contributed by atoms with Gasteiger partial charge >= 0.3 is 0 Å². The average Bonchev–Trinajstić information content (AvgIpc) is 3.23. The van der Waals surface area contributed by atoms with Gasteiger partial charge in [0.2, 0.25) is 5.91 Å². The number of hydrogen-bond donors (Lipinski definition) is 2.